The fourth-order valence-corrected chi connectivity index (χ4v) is 2.11. The molecule has 0 fully saturated rings. The molecule has 1 N–H and O–H groups in total. The molecule has 96 valence electrons. The minimum absolute atomic E-state index is 0.272. The summed E-state index contributed by atoms with van der Waals surface area (Å²) in [6.45, 7) is 4.70. The summed E-state index contributed by atoms with van der Waals surface area (Å²) in [6, 6.07) is 9.28. The minimum Gasteiger partial charge on any atom is -0.396 e. The van der Waals surface area contributed by atoms with Gasteiger partial charge in [0.1, 0.15) is 0 Å². The van der Waals surface area contributed by atoms with E-state index in [-0.39, 0.29) is 6.61 Å². The first-order valence-corrected chi connectivity index (χ1v) is 6.43. The predicted octanol–water partition coefficient (Wildman–Crippen LogP) is 3.19. The first kappa shape index (κ1) is 14.2. The summed E-state index contributed by atoms with van der Waals surface area (Å²) in [5.41, 5.74) is 2.72. The Morgan fingerprint density at radius 3 is 2.00 bits per heavy atom. The molecule has 0 bridgehead atoms. The Morgan fingerprint density at radius 2 is 1.59 bits per heavy atom. The van der Waals surface area contributed by atoms with E-state index in [2.05, 4.69) is 57.1 Å². The van der Waals surface area contributed by atoms with Gasteiger partial charge in [0.25, 0.3) is 0 Å². The molecule has 2 heteroatoms. The van der Waals surface area contributed by atoms with Gasteiger partial charge < -0.3 is 10.0 Å². The van der Waals surface area contributed by atoms with Crippen molar-refractivity contribution in [2.75, 3.05) is 20.7 Å². The van der Waals surface area contributed by atoms with Crippen LogP contribution in [0.2, 0.25) is 0 Å². The Kier molecular flexibility index (Phi) is 5.66. The van der Waals surface area contributed by atoms with Crippen molar-refractivity contribution in [3.05, 3.63) is 35.4 Å². The van der Waals surface area contributed by atoms with E-state index in [1.54, 1.807) is 0 Å². The molecule has 0 aliphatic rings. The number of aliphatic hydroxyl groups excluding tert-OH is 1. The van der Waals surface area contributed by atoms with E-state index in [1.807, 2.05) is 0 Å². The van der Waals surface area contributed by atoms with E-state index in [0.717, 1.165) is 12.8 Å². The third kappa shape index (κ3) is 4.14. The molecule has 2 nitrogen and oxygen atoms in total. The Bertz CT molecular complexity index is 316. The Morgan fingerprint density at radius 1 is 1.06 bits per heavy atom. The van der Waals surface area contributed by atoms with Crippen molar-refractivity contribution in [3.63, 3.8) is 0 Å². The van der Waals surface area contributed by atoms with Crippen LogP contribution in [-0.2, 0) is 0 Å². The standard InChI is InChI=1S/C15H25NO/c1-12(2)13-7-9-14(10-8-13)15(16(3)4)6-5-11-17/h7-10,12,15,17H,5-6,11H2,1-4H3. The highest BCUT2D eigenvalue weighted by Gasteiger charge is 2.13. The molecule has 0 saturated heterocycles. The van der Waals surface area contributed by atoms with Crippen LogP contribution in [0.1, 0.15) is 49.8 Å². The van der Waals surface area contributed by atoms with Crippen LogP contribution >= 0.6 is 0 Å². The largest absolute Gasteiger partial charge is 0.396 e. The lowest BCUT2D eigenvalue weighted by molar-refractivity contribution is 0.235. The summed E-state index contributed by atoms with van der Waals surface area (Å²) in [5, 5.41) is 8.94. The van der Waals surface area contributed by atoms with Crippen LogP contribution < -0.4 is 0 Å². The number of hydrogen-bond donors (Lipinski definition) is 1. The normalized spacial score (nSPS) is 13.4. The van der Waals surface area contributed by atoms with Crippen LogP contribution in [0.25, 0.3) is 0 Å². The first-order valence-electron chi connectivity index (χ1n) is 6.43. The molecular formula is C15H25NO. The van der Waals surface area contributed by atoms with Crippen molar-refractivity contribution in [1.82, 2.24) is 4.90 Å². The molecule has 0 radical (unpaired) electrons. The van der Waals surface area contributed by atoms with Gasteiger partial charge in [-0.3, -0.25) is 0 Å². The molecule has 17 heavy (non-hydrogen) atoms. The lowest BCUT2D eigenvalue weighted by Crippen LogP contribution is -2.20. The Hall–Kier alpha value is -0.860. The molecule has 1 atom stereocenters. The molecule has 0 spiro atoms. The van der Waals surface area contributed by atoms with Crippen LogP contribution in [-0.4, -0.2) is 30.7 Å². The highest BCUT2D eigenvalue weighted by molar-refractivity contribution is 5.26. The highest BCUT2D eigenvalue weighted by atomic mass is 16.2. The van der Waals surface area contributed by atoms with Crippen LogP contribution in [0.3, 0.4) is 0 Å². The van der Waals surface area contributed by atoms with Crippen molar-refractivity contribution < 1.29 is 5.11 Å². The lowest BCUT2D eigenvalue weighted by atomic mass is 9.96. The van der Waals surface area contributed by atoms with Gasteiger partial charge in [-0.1, -0.05) is 38.1 Å². The van der Waals surface area contributed by atoms with E-state index in [1.165, 1.54) is 11.1 Å². The van der Waals surface area contributed by atoms with Crippen molar-refractivity contribution in [3.8, 4) is 0 Å². The summed E-state index contributed by atoms with van der Waals surface area (Å²) < 4.78 is 0. The zero-order valence-electron chi connectivity index (χ0n) is 11.5. The van der Waals surface area contributed by atoms with Crippen LogP contribution in [0.5, 0.6) is 0 Å². The van der Waals surface area contributed by atoms with Gasteiger partial charge in [-0.2, -0.15) is 0 Å². The predicted molar refractivity (Wildman–Crippen MR) is 73.3 cm³/mol. The fourth-order valence-electron chi connectivity index (χ4n) is 2.11. The lowest BCUT2D eigenvalue weighted by Gasteiger charge is -2.25. The molecule has 0 aliphatic carbocycles. The van der Waals surface area contributed by atoms with E-state index < -0.39 is 0 Å². The molecule has 0 heterocycles. The number of hydrogen-bond acceptors (Lipinski definition) is 2. The minimum atomic E-state index is 0.272. The zero-order valence-corrected chi connectivity index (χ0v) is 11.5. The fraction of sp³-hybridized carbons (Fsp3) is 0.600. The number of benzene rings is 1. The molecule has 0 saturated carbocycles. The summed E-state index contributed by atoms with van der Waals surface area (Å²) in [7, 11) is 4.19. The molecule has 0 aliphatic heterocycles. The molecule has 1 rings (SSSR count). The quantitative estimate of drug-likeness (QED) is 0.818. The molecule has 1 aromatic carbocycles. The smallest absolute Gasteiger partial charge is 0.0431 e. The topological polar surface area (TPSA) is 23.5 Å². The van der Waals surface area contributed by atoms with Gasteiger partial charge in [0.2, 0.25) is 0 Å². The molecular weight excluding hydrogens is 210 g/mol. The third-order valence-electron chi connectivity index (χ3n) is 3.25. The van der Waals surface area contributed by atoms with Crippen LogP contribution in [0.15, 0.2) is 24.3 Å². The van der Waals surface area contributed by atoms with Crippen LogP contribution in [0, 0.1) is 0 Å². The Balaban J connectivity index is 2.80. The number of aliphatic hydroxyl groups is 1. The monoisotopic (exact) mass is 235 g/mol. The van der Waals surface area contributed by atoms with Crippen LogP contribution in [0.4, 0.5) is 0 Å². The summed E-state index contributed by atoms with van der Waals surface area (Å²) in [5.74, 6) is 0.583. The van der Waals surface area contributed by atoms with E-state index >= 15 is 0 Å². The van der Waals surface area contributed by atoms with Crippen molar-refractivity contribution in [2.24, 2.45) is 0 Å². The molecule has 0 amide bonds. The molecule has 0 aromatic heterocycles. The van der Waals surface area contributed by atoms with Gasteiger partial charge in [0, 0.05) is 12.6 Å². The maximum absolute atomic E-state index is 8.94. The Labute approximate surface area is 105 Å². The van der Waals surface area contributed by atoms with E-state index in [9.17, 15) is 0 Å². The molecule has 1 aromatic rings. The van der Waals surface area contributed by atoms with Gasteiger partial charge in [-0.25, -0.2) is 0 Å². The second-order valence-electron chi connectivity index (χ2n) is 5.17. The number of rotatable bonds is 6. The summed E-state index contributed by atoms with van der Waals surface area (Å²) in [6.07, 6.45) is 1.86. The van der Waals surface area contributed by atoms with E-state index in [0.29, 0.717) is 12.0 Å². The van der Waals surface area contributed by atoms with Gasteiger partial charge in [0.05, 0.1) is 0 Å². The zero-order chi connectivity index (χ0) is 12.8. The average molecular weight is 235 g/mol. The molecule has 1 unspecified atom stereocenters. The van der Waals surface area contributed by atoms with Gasteiger partial charge in [0.15, 0.2) is 0 Å². The third-order valence-corrected chi connectivity index (χ3v) is 3.25. The SMILES string of the molecule is CC(C)c1ccc(C(CCCO)N(C)C)cc1. The first-order chi connectivity index (χ1) is 8.06. The summed E-state index contributed by atoms with van der Waals surface area (Å²) in [4.78, 5) is 2.22. The van der Waals surface area contributed by atoms with E-state index in [4.69, 9.17) is 5.11 Å². The average Bonchev–Trinajstić information content (AvgIpc) is 2.29. The maximum atomic E-state index is 8.94. The second kappa shape index (κ2) is 6.77. The highest BCUT2D eigenvalue weighted by Crippen LogP contribution is 2.25. The second-order valence-corrected chi connectivity index (χ2v) is 5.17. The van der Waals surface area contributed by atoms with Gasteiger partial charge in [-0.05, 0) is 44.0 Å². The van der Waals surface area contributed by atoms with Crippen molar-refractivity contribution >= 4 is 0 Å². The van der Waals surface area contributed by atoms with Crippen molar-refractivity contribution in [1.29, 1.82) is 0 Å². The van der Waals surface area contributed by atoms with Crippen molar-refractivity contribution in [2.45, 2.75) is 38.6 Å². The van der Waals surface area contributed by atoms with Gasteiger partial charge >= 0.3 is 0 Å². The maximum Gasteiger partial charge on any atom is 0.0431 e. The summed E-state index contributed by atoms with van der Waals surface area (Å²) >= 11 is 0. The number of nitrogens with zero attached hydrogens (tertiary/aromatic N) is 1. The van der Waals surface area contributed by atoms with Gasteiger partial charge in [-0.15, -0.1) is 0 Å².